The first-order chi connectivity index (χ1) is 9.97. The molecule has 0 atom stereocenters. The number of aromatic nitrogens is 1. The number of benzene rings is 1. The van der Waals surface area contributed by atoms with Crippen LogP contribution in [0.1, 0.15) is 26.4 Å². The van der Waals surface area contributed by atoms with E-state index in [1.54, 1.807) is 30.3 Å². The Bertz CT molecular complexity index is 779. The van der Waals surface area contributed by atoms with Crippen LogP contribution in [-0.2, 0) is 0 Å². The number of carboxylic acids is 1. The van der Waals surface area contributed by atoms with E-state index >= 15 is 0 Å². The molecule has 0 unspecified atom stereocenters. The molecule has 2 rings (SSSR count). The van der Waals surface area contributed by atoms with Crippen LogP contribution in [0.3, 0.4) is 0 Å². The van der Waals surface area contributed by atoms with E-state index < -0.39 is 23.1 Å². The Kier molecular flexibility index (Phi) is 3.54. The van der Waals surface area contributed by atoms with Crippen LogP contribution in [0.2, 0.25) is 0 Å². The predicted molar refractivity (Wildman–Crippen MR) is 74.3 cm³/mol. The number of hydrogen-bond acceptors (Lipinski definition) is 5. The number of amides is 1. The van der Waals surface area contributed by atoms with Crippen LogP contribution < -0.4 is 11.5 Å². The number of nitrogen functional groups attached to an aromatic ring is 1. The van der Waals surface area contributed by atoms with Crippen LogP contribution in [0.15, 0.2) is 30.3 Å². The topological polar surface area (TPSA) is 143 Å². The van der Waals surface area contributed by atoms with E-state index in [0.717, 1.165) is 0 Å². The van der Waals surface area contributed by atoms with Gasteiger partial charge >= 0.3 is 5.97 Å². The molecular formula is C14H10N4O3. The highest BCUT2D eigenvalue weighted by molar-refractivity contribution is 6.08. The van der Waals surface area contributed by atoms with Crippen LogP contribution in [0.5, 0.6) is 0 Å². The summed E-state index contributed by atoms with van der Waals surface area (Å²) in [6.45, 7) is 0. The maximum absolute atomic E-state index is 11.5. The smallest absolute Gasteiger partial charge is 0.338 e. The van der Waals surface area contributed by atoms with Gasteiger partial charge in [-0.25, -0.2) is 9.78 Å². The summed E-state index contributed by atoms with van der Waals surface area (Å²) in [5.41, 5.74) is 10.3. The lowest BCUT2D eigenvalue weighted by molar-refractivity contribution is 0.0692. The molecule has 1 amide bonds. The summed E-state index contributed by atoms with van der Waals surface area (Å²) in [7, 11) is 0. The van der Waals surface area contributed by atoms with Gasteiger partial charge in [-0.05, 0) is 5.56 Å². The number of carboxylic acid groups (broad SMARTS) is 1. The molecule has 5 N–H and O–H groups in total. The number of primary amides is 1. The molecule has 2 aromatic rings. The lowest BCUT2D eigenvalue weighted by Crippen LogP contribution is -2.21. The average Bonchev–Trinajstić information content (AvgIpc) is 2.46. The standard InChI is InChI=1S/C14H10N4O3/c15-6-8-9(7-4-2-1-3-5-7)10(14(20)21)11(13(17)19)18-12(8)16/h1-5H,(H2,16,18)(H2,17,19)(H,20,21). The molecule has 0 bridgehead atoms. The third-order valence-electron chi connectivity index (χ3n) is 2.85. The highest BCUT2D eigenvalue weighted by Crippen LogP contribution is 2.32. The van der Waals surface area contributed by atoms with Crippen molar-refractivity contribution in [2.45, 2.75) is 0 Å². The second kappa shape index (κ2) is 5.30. The number of anilines is 1. The molecule has 0 saturated carbocycles. The fourth-order valence-corrected chi connectivity index (χ4v) is 2.00. The summed E-state index contributed by atoms with van der Waals surface area (Å²) in [5, 5.41) is 18.6. The zero-order valence-corrected chi connectivity index (χ0v) is 10.7. The summed E-state index contributed by atoms with van der Waals surface area (Å²) in [6, 6.07) is 10.1. The van der Waals surface area contributed by atoms with Gasteiger partial charge in [0.05, 0.1) is 0 Å². The SMILES string of the molecule is N#Cc1c(N)nc(C(N)=O)c(C(=O)O)c1-c1ccccc1. The molecule has 104 valence electrons. The maximum atomic E-state index is 11.5. The van der Waals surface area contributed by atoms with E-state index in [4.69, 9.17) is 11.5 Å². The van der Waals surface area contributed by atoms with Gasteiger partial charge in [0.2, 0.25) is 0 Å². The van der Waals surface area contributed by atoms with E-state index in [1.807, 2.05) is 6.07 Å². The number of pyridine rings is 1. The van der Waals surface area contributed by atoms with E-state index in [1.165, 1.54) is 0 Å². The number of carbonyl (C=O) groups excluding carboxylic acids is 1. The van der Waals surface area contributed by atoms with Gasteiger partial charge in [-0.2, -0.15) is 5.26 Å². The maximum Gasteiger partial charge on any atom is 0.338 e. The molecule has 1 aromatic carbocycles. The van der Waals surface area contributed by atoms with E-state index in [-0.39, 0.29) is 16.9 Å². The first kappa shape index (κ1) is 14.0. The number of nitriles is 1. The zero-order valence-electron chi connectivity index (χ0n) is 10.7. The molecule has 7 heteroatoms. The Morgan fingerprint density at radius 2 is 1.86 bits per heavy atom. The minimum atomic E-state index is -1.41. The van der Waals surface area contributed by atoms with Crippen molar-refractivity contribution in [3.63, 3.8) is 0 Å². The molecule has 0 aliphatic rings. The van der Waals surface area contributed by atoms with Gasteiger partial charge in [-0.3, -0.25) is 4.79 Å². The molecule has 0 saturated heterocycles. The summed E-state index contributed by atoms with van der Waals surface area (Å²) in [6.07, 6.45) is 0. The second-order valence-corrected chi connectivity index (χ2v) is 4.12. The van der Waals surface area contributed by atoms with Crippen molar-refractivity contribution in [3.05, 3.63) is 47.2 Å². The summed E-state index contributed by atoms with van der Waals surface area (Å²) in [4.78, 5) is 26.6. The molecule has 21 heavy (non-hydrogen) atoms. The molecular weight excluding hydrogens is 272 g/mol. The molecule has 0 radical (unpaired) electrons. The lowest BCUT2D eigenvalue weighted by Gasteiger charge is -2.13. The Hall–Kier alpha value is -3.40. The van der Waals surface area contributed by atoms with Gasteiger partial charge in [0.25, 0.3) is 5.91 Å². The van der Waals surface area contributed by atoms with Crippen LogP contribution in [-0.4, -0.2) is 22.0 Å². The van der Waals surface area contributed by atoms with Crippen molar-refractivity contribution in [1.29, 1.82) is 5.26 Å². The van der Waals surface area contributed by atoms with Crippen LogP contribution in [0.4, 0.5) is 5.82 Å². The van der Waals surface area contributed by atoms with E-state index in [2.05, 4.69) is 4.98 Å². The normalized spacial score (nSPS) is 9.86. The fourth-order valence-electron chi connectivity index (χ4n) is 2.00. The number of hydrogen-bond donors (Lipinski definition) is 3. The highest BCUT2D eigenvalue weighted by Gasteiger charge is 2.26. The third-order valence-corrected chi connectivity index (χ3v) is 2.85. The van der Waals surface area contributed by atoms with Gasteiger partial charge in [0, 0.05) is 5.56 Å². The quantitative estimate of drug-likeness (QED) is 0.766. The molecule has 0 fully saturated rings. The van der Waals surface area contributed by atoms with E-state index in [0.29, 0.717) is 5.56 Å². The van der Waals surface area contributed by atoms with Gasteiger partial charge in [0.1, 0.15) is 28.7 Å². The minimum absolute atomic E-state index is 0.0342. The van der Waals surface area contributed by atoms with E-state index in [9.17, 15) is 20.0 Å². The Morgan fingerprint density at radius 3 is 2.33 bits per heavy atom. The van der Waals surface area contributed by atoms with Gasteiger partial charge < -0.3 is 16.6 Å². The number of rotatable bonds is 3. The van der Waals surface area contributed by atoms with Crippen molar-refractivity contribution in [2.24, 2.45) is 5.73 Å². The number of nitrogens with zero attached hydrogens (tertiary/aromatic N) is 2. The summed E-state index contributed by atoms with van der Waals surface area (Å²) < 4.78 is 0. The molecule has 1 heterocycles. The van der Waals surface area contributed by atoms with Gasteiger partial charge in [-0.1, -0.05) is 30.3 Å². The molecule has 1 aromatic heterocycles. The lowest BCUT2D eigenvalue weighted by atomic mass is 9.94. The number of nitrogens with two attached hydrogens (primary N) is 2. The summed E-state index contributed by atoms with van der Waals surface area (Å²) >= 11 is 0. The predicted octanol–water partition coefficient (Wildman–Crippen LogP) is 1.000. The Labute approximate surface area is 119 Å². The Balaban J connectivity index is 2.98. The van der Waals surface area contributed by atoms with Crippen LogP contribution >= 0.6 is 0 Å². The van der Waals surface area contributed by atoms with Crippen LogP contribution in [0.25, 0.3) is 11.1 Å². The molecule has 0 aliphatic carbocycles. The van der Waals surface area contributed by atoms with Crippen molar-refractivity contribution < 1.29 is 14.7 Å². The monoisotopic (exact) mass is 282 g/mol. The fraction of sp³-hybridized carbons (Fsp3) is 0. The largest absolute Gasteiger partial charge is 0.478 e. The molecule has 0 aliphatic heterocycles. The van der Waals surface area contributed by atoms with Crippen molar-refractivity contribution in [1.82, 2.24) is 4.98 Å². The first-order valence-electron chi connectivity index (χ1n) is 5.79. The number of aromatic carboxylic acids is 1. The first-order valence-corrected chi connectivity index (χ1v) is 5.79. The zero-order chi connectivity index (χ0) is 15.6. The molecule has 0 spiro atoms. The molecule has 7 nitrogen and oxygen atoms in total. The van der Waals surface area contributed by atoms with Gasteiger partial charge in [-0.15, -0.1) is 0 Å². The highest BCUT2D eigenvalue weighted by atomic mass is 16.4. The summed E-state index contributed by atoms with van der Waals surface area (Å²) in [5.74, 6) is -2.68. The number of carbonyl (C=O) groups is 2. The minimum Gasteiger partial charge on any atom is -0.478 e. The average molecular weight is 282 g/mol. The third kappa shape index (κ3) is 2.37. The second-order valence-electron chi connectivity index (χ2n) is 4.12. The van der Waals surface area contributed by atoms with Crippen molar-refractivity contribution in [2.75, 3.05) is 5.73 Å². The Morgan fingerprint density at radius 1 is 1.24 bits per heavy atom. The van der Waals surface area contributed by atoms with Crippen molar-refractivity contribution >= 4 is 17.7 Å². The van der Waals surface area contributed by atoms with Crippen molar-refractivity contribution in [3.8, 4) is 17.2 Å². The van der Waals surface area contributed by atoms with Gasteiger partial charge in [0.15, 0.2) is 0 Å². The van der Waals surface area contributed by atoms with Crippen LogP contribution in [0, 0.1) is 11.3 Å².